The Kier molecular flexibility index (Phi) is 4.60. The monoisotopic (exact) mass is 404 g/mol. The van der Waals surface area contributed by atoms with Crippen molar-refractivity contribution >= 4 is 28.2 Å². The van der Waals surface area contributed by atoms with Crippen LogP contribution in [0.2, 0.25) is 0 Å². The zero-order valence-electron chi connectivity index (χ0n) is 16.1. The van der Waals surface area contributed by atoms with Crippen molar-refractivity contribution in [2.75, 3.05) is 23.3 Å². The molecule has 1 fully saturated rings. The van der Waals surface area contributed by atoms with Gasteiger partial charge in [-0.3, -0.25) is 9.78 Å². The van der Waals surface area contributed by atoms with Crippen LogP contribution >= 0.6 is 0 Å². The summed E-state index contributed by atoms with van der Waals surface area (Å²) in [7, 11) is 0. The number of nitrogens with one attached hydrogen (secondary N) is 1. The lowest BCUT2D eigenvalue weighted by Crippen LogP contribution is -2.43. The summed E-state index contributed by atoms with van der Waals surface area (Å²) >= 11 is 0. The Morgan fingerprint density at radius 2 is 2.10 bits per heavy atom. The van der Waals surface area contributed by atoms with Crippen LogP contribution in [-0.2, 0) is 0 Å². The van der Waals surface area contributed by atoms with Gasteiger partial charge in [-0.15, -0.1) is 5.10 Å². The van der Waals surface area contributed by atoms with Gasteiger partial charge in [0.15, 0.2) is 0 Å². The van der Waals surface area contributed by atoms with Gasteiger partial charge in [0.25, 0.3) is 0 Å². The van der Waals surface area contributed by atoms with Gasteiger partial charge in [0.05, 0.1) is 29.3 Å². The van der Waals surface area contributed by atoms with E-state index < -0.39 is 5.91 Å². The maximum atomic E-state index is 12.8. The minimum Gasteiger partial charge on any atom is -0.397 e. The summed E-state index contributed by atoms with van der Waals surface area (Å²) in [5.41, 5.74) is 8.35. The number of rotatable bonds is 4. The second-order valence-electron chi connectivity index (χ2n) is 7.20. The van der Waals surface area contributed by atoms with Crippen molar-refractivity contribution < 1.29 is 9.21 Å². The molecule has 1 aromatic carbocycles. The first-order valence-electron chi connectivity index (χ1n) is 9.71. The number of nitrogens with zero attached hydrogens (tertiary/aromatic N) is 6. The molecule has 0 saturated carbocycles. The third-order valence-electron chi connectivity index (χ3n) is 5.11. The SMILES string of the molecule is N[C@@H]1CCCN(c2ccncc2NC(=O)c2nnc(-n3ncc4ccccc43)o2)C1. The van der Waals surface area contributed by atoms with E-state index in [0.29, 0.717) is 5.69 Å². The van der Waals surface area contributed by atoms with Gasteiger partial charge >= 0.3 is 17.8 Å². The number of para-hydroxylation sites is 1. The van der Waals surface area contributed by atoms with Crippen LogP contribution in [0.3, 0.4) is 0 Å². The molecule has 1 aliphatic rings. The number of anilines is 2. The molecule has 10 nitrogen and oxygen atoms in total. The van der Waals surface area contributed by atoms with Gasteiger partial charge in [0.1, 0.15) is 0 Å². The predicted octanol–water partition coefficient (Wildman–Crippen LogP) is 1.98. The summed E-state index contributed by atoms with van der Waals surface area (Å²) in [6.07, 6.45) is 6.99. The Hall–Kier alpha value is -3.79. The molecule has 1 saturated heterocycles. The summed E-state index contributed by atoms with van der Waals surface area (Å²) in [5.74, 6) is -0.671. The smallest absolute Gasteiger partial charge is 0.344 e. The highest BCUT2D eigenvalue weighted by atomic mass is 16.4. The van der Waals surface area contributed by atoms with Crippen LogP contribution < -0.4 is 16.0 Å². The van der Waals surface area contributed by atoms with Crippen LogP contribution in [0.5, 0.6) is 0 Å². The lowest BCUT2D eigenvalue weighted by atomic mass is 10.1. The van der Waals surface area contributed by atoms with Crippen molar-refractivity contribution in [2.24, 2.45) is 5.73 Å². The molecule has 1 aliphatic heterocycles. The molecule has 1 amide bonds. The second-order valence-corrected chi connectivity index (χ2v) is 7.20. The van der Waals surface area contributed by atoms with Gasteiger partial charge in [0, 0.05) is 30.7 Å². The first-order chi connectivity index (χ1) is 14.7. The van der Waals surface area contributed by atoms with Crippen LogP contribution in [0.1, 0.15) is 23.5 Å². The zero-order chi connectivity index (χ0) is 20.5. The van der Waals surface area contributed by atoms with Gasteiger partial charge in [-0.25, -0.2) is 0 Å². The Morgan fingerprint density at radius 3 is 3.00 bits per heavy atom. The van der Waals surface area contributed by atoms with Crippen LogP contribution in [0.15, 0.2) is 53.3 Å². The minimum absolute atomic E-state index is 0.109. The lowest BCUT2D eigenvalue weighted by Gasteiger charge is -2.33. The Labute approximate surface area is 171 Å². The number of amides is 1. The molecule has 0 radical (unpaired) electrons. The summed E-state index contributed by atoms with van der Waals surface area (Å²) in [6, 6.07) is 9.72. The first-order valence-corrected chi connectivity index (χ1v) is 9.71. The molecular formula is C20H20N8O2. The largest absolute Gasteiger partial charge is 0.397 e. The van der Waals surface area contributed by atoms with E-state index in [9.17, 15) is 4.79 Å². The number of hydrogen-bond acceptors (Lipinski definition) is 8. The number of fused-ring (bicyclic) bond motifs is 1. The van der Waals surface area contributed by atoms with Crippen molar-refractivity contribution in [1.29, 1.82) is 0 Å². The molecule has 4 aromatic rings. The molecule has 0 bridgehead atoms. The van der Waals surface area contributed by atoms with Crippen molar-refractivity contribution in [3.8, 4) is 6.01 Å². The molecule has 3 aromatic heterocycles. The minimum atomic E-state index is -0.513. The van der Waals surface area contributed by atoms with Gasteiger partial charge < -0.3 is 20.4 Å². The highest BCUT2D eigenvalue weighted by Gasteiger charge is 2.22. The first kappa shape index (κ1) is 18.3. The van der Waals surface area contributed by atoms with Gasteiger partial charge in [-0.05, 0) is 25.0 Å². The van der Waals surface area contributed by atoms with E-state index in [-0.39, 0.29) is 17.9 Å². The number of carbonyl (C=O) groups excluding carboxylic acids is 1. The molecule has 4 heterocycles. The summed E-state index contributed by atoms with van der Waals surface area (Å²) in [6.45, 7) is 1.60. The maximum absolute atomic E-state index is 12.8. The third-order valence-corrected chi connectivity index (χ3v) is 5.11. The van der Waals surface area contributed by atoms with E-state index in [4.69, 9.17) is 10.2 Å². The fourth-order valence-electron chi connectivity index (χ4n) is 3.68. The molecule has 5 rings (SSSR count). The van der Waals surface area contributed by atoms with Gasteiger partial charge in [-0.2, -0.15) is 9.78 Å². The fourth-order valence-corrected chi connectivity index (χ4v) is 3.68. The standard InChI is InChI=1S/C20H20N8O2/c21-14-5-3-9-27(12-14)17-7-8-22-11-15(17)24-18(29)19-25-26-20(30-19)28-16-6-2-1-4-13(16)10-23-28/h1-2,4,6-8,10-11,14H,3,5,9,12,21H2,(H,24,29)/t14-/m1/s1. The highest BCUT2D eigenvalue weighted by molar-refractivity contribution is 6.02. The maximum Gasteiger partial charge on any atom is 0.344 e. The normalized spacial score (nSPS) is 16.7. The molecule has 0 aliphatic carbocycles. The Balaban J connectivity index is 1.38. The van der Waals surface area contributed by atoms with Gasteiger partial charge in [0.2, 0.25) is 0 Å². The van der Waals surface area contributed by atoms with Crippen molar-refractivity contribution in [3.63, 3.8) is 0 Å². The van der Waals surface area contributed by atoms with Gasteiger partial charge in [-0.1, -0.05) is 23.3 Å². The number of benzene rings is 1. The third kappa shape index (κ3) is 3.37. The fraction of sp³-hybridized carbons (Fsp3) is 0.250. The molecule has 1 atom stereocenters. The Bertz CT molecular complexity index is 1200. The second kappa shape index (κ2) is 7.56. The summed E-state index contributed by atoms with van der Waals surface area (Å²) in [4.78, 5) is 19.0. The average molecular weight is 404 g/mol. The molecular weight excluding hydrogens is 384 g/mol. The van der Waals surface area contributed by atoms with Crippen molar-refractivity contribution in [2.45, 2.75) is 18.9 Å². The number of hydrogen-bond donors (Lipinski definition) is 2. The molecule has 0 unspecified atom stereocenters. The number of aromatic nitrogens is 5. The van der Waals surface area contributed by atoms with Crippen molar-refractivity contribution in [1.82, 2.24) is 25.0 Å². The number of pyridine rings is 1. The molecule has 3 N–H and O–H groups in total. The van der Waals surface area contributed by atoms with E-state index in [0.717, 1.165) is 42.5 Å². The van der Waals surface area contributed by atoms with E-state index in [1.54, 1.807) is 18.6 Å². The van der Waals surface area contributed by atoms with Crippen LogP contribution in [-0.4, -0.2) is 50.0 Å². The number of nitrogens with two attached hydrogens (primary N) is 1. The predicted molar refractivity (Wildman–Crippen MR) is 111 cm³/mol. The molecule has 10 heteroatoms. The van der Waals surface area contributed by atoms with Crippen LogP contribution in [0, 0.1) is 0 Å². The lowest BCUT2D eigenvalue weighted by molar-refractivity contribution is 0.0989. The van der Waals surface area contributed by atoms with E-state index in [1.165, 1.54) is 4.68 Å². The van der Waals surface area contributed by atoms with Crippen LogP contribution in [0.25, 0.3) is 16.9 Å². The number of piperidine rings is 1. The van der Waals surface area contributed by atoms with E-state index in [1.807, 2.05) is 30.3 Å². The molecule has 0 spiro atoms. The molecule has 152 valence electrons. The van der Waals surface area contributed by atoms with E-state index in [2.05, 4.69) is 30.5 Å². The van der Waals surface area contributed by atoms with Crippen molar-refractivity contribution in [3.05, 3.63) is 54.8 Å². The zero-order valence-corrected chi connectivity index (χ0v) is 16.1. The average Bonchev–Trinajstić information content (AvgIpc) is 3.41. The molecule has 30 heavy (non-hydrogen) atoms. The quantitative estimate of drug-likeness (QED) is 0.528. The number of carbonyl (C=O) groups is 1. The summed E-state index contributed by atoms with van der Waals surface area (Å²) < 4.78 is 7.09. The van der Waals surface area contributed by atoms with Crippen LogP contribution in [0.4, 0.5) is 11.4 Å². The highest BCUT2D eigenvalue weighted by Crippen LogP contribution is 2.27. The topological polar surface area (TPSA) is 128 Å². The summed E-state index contributed by atoms with van der Waals surface area (Å²) in [5, 5.41) is 15.9. The Morgan fingerprint density at radius 1 is 1.20 bits per heavy atom. The van der Waals surface area contributed by atoms with E-state index >= 15 is 0 Å².